The largest absolute Gasteiger partial charge is 0.469 e. The molecule has 0 spiro atoms. The highest BCUT2D eigenvalue weighted by Gasteiger charge is 1.97. The van der Waals surface area contributed by atoms with Crippen LogP contribution >= 0.6 is 0 Å². The Balaban J connectivity index is 3.48. The van der Waals surface area contributed by atoms with E-state index in [1.165, 1.54) is 7.11 Å². The molecule has 1 N–H and O–H groups in total. The number of esters is 1. The Bertz CT molecular complexity index is 432. The molecule has 0 fully saturated rings. The molecule has 0 aromatic carbocycles. The minimum Gasteiger partial charge on any atom is -0.469 e. The molecule has 0 aliphatic carbocycles. The Hall–Kier alpha value is -1.89. The molecule has 0 heterocycles. The van der Waals surface area contributed by atoms with Gasteiger partial charge in [0.25, 0.3) is 0 Å². The van der Waals surface area contributed by atoms with Crippen molar-refractivity contribution in [2.75, 3.05) is 13.7 Å². The van der Waals surface area contributed by atoms with Crippen molar-refractivity contribution < 1.29 is 14.6 Å². The maximum atomic E-state index is 10.8. The van der Waals surface area contributed by atoms with Crippen molar-refractivity contribution >= 4 is 5.97 Å². The predicted octanol–water partition coefficient (Wildman–Crippen LogP) is 2.28. The van der Waals surface area contributed by atoms with E-state index < -0.39 is 0 Å². The van der Waals surface area contributed by atoms with Crippen molar-refractivity contribution in [3.8, 4) is 35.5 Å². The van der Waals surface area contributed by atoms with Crippen molar-refractivity contribution in [2.24, 2.45) is 0 Å². The molecule has 108 valence electrons. The van der Waals surface area contributed by atoms with Crippen LogP contribution in [0.1, 0.15) is 51.4 Å². The van der Waals surface area contributed by atoms with Crippen LogP contribution < -0.4 is 0 Å². The summed E-state index contributed by atoms with van der Waals surface area (Å²) < 4.78 is 4.55. The minimum absolute atomic E-state index is 0.163. The number of aliphatic hydroxyl groups is 1. The van der Waals surface area contributed by atoms with E-state index >= 15 is 0 Å². The summed E-state index contributed by atoms with van der Waals surface area (Å²) in [7, 11) is 1.40. The lowest BCUT2D eigenvalue weighted by molar-refractivity contribution is -0.140. The summed E-state index contributed by atoms with van der Waals surface area (Å²) >= 11 is 0. The first-order valence-corrected chi connectivity index (χ1v) is 6.86. The van der Waals surface area contributed by atoms with E-state index in [1.54, 1.807) is 0 Å². The van der Waals surface area contributed by atoms with E-state index in [1.807, 2.05) is 0 Å². The maximum Gasteiger partial charge on any atom is 0.305 e. The number of unbranched alkanes of at least 4 members (excludes halogenated alkanes) is 3. The quantitative estimate of drug-likeness (QED) is 0.459. The van der Waals surface area contributed by atoms with Gasteiger partial charge in [0.2, 0.25) is 0 Å². The molecule has 0 radical (unpaired) electrons. The summed E-state index contributed by atoms with van der Waals surface area (Å²) in [6.07, 6.45) is 5.56. The van der Waals surface area contributed by atoms with E-state index in [-0.39, 0.29) is 12.6 Å². The number of rotatable bonds is 6. The van der Waals surface area contributed by atoms with E-state index in [0.29, 0.717) is 19.3 Å². The Kier molecular flexibility index (Phi) is 13.7. The molecule has 0 atom stereocenters. The van der Waals surface area contributed by atoms with E-state index in [4.69, 9.17) is 5.11 Å². The fourth-order valence-corrected chi connectivity index (χ4v) is 1.27. The van der Waals surface area contributed by atoms with Crippen molar-refractivity contribution in [2.45, 2.75) is 51.4 Å². The molecule has 0 aliphatic rings. The maximum absolute atomic E-state index is 10.8. The van der Waals surface area contributed by atoms with Gasteiger partial charge in [-0.25, -0.2) is 0 Å². The number of hydrogen-bond donors (Lipinski definition) is 1. The smallest absolute Gasteiger partial charge is 0.305 e. The molecule has 0 rings (SSSR count). The third kappa shape index (κ3) is 14.2. The average molecular weight is 274 g/mol. The SMILES string of the molecule is COC(=O)CCCCC#CCC#CCC#CCCCO. The number of hydrogen-bond acceptors (Lipinski definition) is 3. The first-order valence-electron chi connectivity index (χ1n) is 6.86. The molecule has 0 saturated heterocycles. The number of ether oxygens (including phenoxy) is 1. The Morgan fingerprint density at radius 3 is 2.00 bits per heavy atom. The lowest BCUT2D eigenvalue weighted by Gasteiger charge is -1.95. The zero-order valence-electron chi connectivity index (χ0n) is 12.1. The van der Waals surface area contributed by atoms with Crippen molar-refractivity contribution in [1.82, 2.24) is 0 Å². The molecular weight excluding hydrogens is 252 g/mol. The second-order valence-electron chi connectivity index (χ2n) is 4.02. The number of carbonyl (C=O) groups is 1. The summed E-state index contributed by atoms with van der Waals surface area (Å²) in [5, 5.41) is 8.55. The summed E-state index contributed by atoms with van der Waals surface area (Å²) in [5.41, 5.74) is 0. The van der Waals surface area contributed by atoms with Gasteiger partial charge in [-0.2, -0.15) is 0 Å². The first-order chi connectivity index (χ1) is 9.81. The van der Waals surface area contributed by atoms with Crippen LogP contribution in [-0.4, -0.2) is 24.8 Å². The summed E-state index contributed by atoms with van der Waals surface area (Å²) in [4.78, 5) is 10.8. The van der Waals surface area contributed by atoms with Crippen LogP contribution in [0.2, 0.25) is 0 Å². The topological polar surface area (TPSA) is 46.5 Å². The molecule has 0 bridgehead atoms. The highest BCUT2D eigenvalue weighted by atomic mass is 16.5. The second-order valence-corrected chi connectivity index (χ2v) is 4.02. The summed E-state index contributed by atoms with van der Waals surface area (Å²) in [6, 6.07) is 0. The highest BCUT2D eigenvalue weighted by molar-refractivity contribution is 5.68. The van der Waals surface area contributed by atoms with Crippen molar-refractivity contribution in [3.63, 3.8) is 0 Å². The van der Waals surface area contributed by atoms with Crippen molar-refractivity contribution in [3.05, 3.63) is 0 Å². The van der Waals surface area contributed by atoms with Gasteiger partial charge in [-0.1, -0.05) is 23.7 Å². The van der Waals surface area contributed by atoms with Gasteiger partial charge in [0, 0.05) is 25.9 Å². The van der Waals surface area contributed by atoms with E-state index in [2.05, 4.69) is 40.3 Å². The Morgan fingerprint density at radius 1 is 0.900 bits per heavy atom. The van der Waals surface area contributed by atoms with Gasteiger partial charge in [0.15, 0.2) is 0 Å². The number of carbonyl (C=O) groups excluding carboxylic acids is 1. The lowest BCUT2D eigenvalue weighted by atomic mass is 10.2. The second kappa shape index (κ2) is 15.2. The van der Waals surface area contributed by atoms with E-state index in [9.17, 15) is 4.79 Å². The number of aliphatic hydroxyl groups excluding tert-OH is 1. The van der Waals surface area contributed by atoms with Crippen LogP contribution in [0.25, 0.3) is 0 Å². The Labute approximate surface area is 122 Å². The Morgan fingerprint density at radius 2 is 1.45 bits per heavy atom. The molecule has 3 nitrogen and oxygen atoms in total. The van der Waals surface area contributed by atoms with Gasteiger partial charge in [0.05, 0.1) is 20.0 Å². The molecule has 0 aromatic heterocycles. The monoisotopic (exact) mass is 274 g/mol. The van der Waals surface area contributed by atoms with Gasteiger partial charge in [-0.05, 0) is 19.3 Å². The zero-order valence-corrected chi connectivity index (χ0v) is 12.1. The molecule has 0 amide bonds. The van der Waals surface area contributed by atoms with Crippen LogP contribution in [0, 0.1) is 35.5 Å². The lowest BCUT2D eigenvalue weighted by Crippen LogP contribution is -1.98. The molecule has 0 saturated carbocycles. The first kappa shape index (κ1) is 18.1. The third-order valence-electron chi connectivity index (χ3n) is 2.35. The van der Waals surface area contributed by atoms with Crippen LogP contribution in [-0.2, 0) is 9.53 Å². The minimum atomic E-state index is -0.163. The highest BCUT2D eigenvalue weighted by Crippen LogP contribution is 1.99. The molecule has 0 aliphatic heterocycles. The van der Waals surface area contributed by atoms with Gasteiger partial charge in [-0.3, -0.25) is 4.79 Å². The van der Waals surface area contributed by atoms with Gasteiger partial charge < -0.3 is 9.84 Å². The summed E-state index contributed by atoms with van der Waals surface area (Å²) in [5.74, 6) is 17.6. The average Bonchev–Trinajstić information content (AvgIpc) is 2.47. The van der Waals surface area contributed by atoms with Crippen LogP contribution in [0.3, 0.4) is 0 Å². The molecular formula is C17H22O3. The molecule has 0 unspecified atom stereocenters. The zero-order chi connectivity index (χ0) is 14.9. The fraction of sp³-hybridized carbons (Fsp3) is 0.588. The van der Waals surface area contributed by atoms with E-state index in [0.717, 1.165) is 32.1 Å². The standard InChI is InChI=1S/C17H22O3/c1-20-17(19)15-13-11-9-7-5-3-2-4-6-8-10-12-14-16-18/h18H,3,6,9,11-16H2,1H3. The van der Waals surface area contributed by atoms with Crippen LogP contribution in [0.15, 0.2) is 0 Å². The van der Waals surface area contributed by atoms with Crippen molar-refractivity contribution in [1.29, 1.82) is 0 Å². The predicted molar refractivity (Wildman–Crippen MR) is 79.4 cm³/mol. The van der Waals surface area contributed by atoms with Gasteiger partial charge >= 0.3 is 5.97 Å². The molecule has 20 heavy (non-hydrogen) atoms. The van der Waals surface area contributed by atoms with Gasteiger partial charge in [-0.15, -0.1) is 11.8 Å². The fourth-order valence-electron chi connectivity index (χ4n) is 1.27. The molecule has 3 heteroatoms. The third-order valence-corrected chi connectivity index (χ3v) is 2.35. The molecule has 0 aromatic rings. The van der Waals surface area contributed by atoms with Gasteiger partial charge in [0.1, 0.15) is 0 Å². The number of methoxy groups -OCH3 is 1. The summed E-state index contributed by atoms with van der Waals surface area (Å²) in [6.45, 7) is 0.190. The van der Waals surface area contributed by atoms with Crippen LogP contribution in [0.4, 0.5) is 0 Å². The normalized spacial score (nSPS) is 8.30. The van der Waals surface area contributed by atoms with Crippen LogP contribution in [0.5, 0.6) is 0 Å².